The van der Waals surface area contributed by atoms with Gasteiger partial charge in [-0.15, -0.1) is 0 Å². The number of aromatic nitrogens is 3. The summed E-state index contributed by atoms with van der Waals surface area (Å²) >= 11 is 6.08. The molecule has 1 amide bonds. The van der Waals surface area contributed by atoms with Gasteiger partial charge in [0.15, 0.2) is 5.82 Å². The molecule has 192 valence electrons. The second-order valence-corrected chi connectivity index (χ2v) is 9.05. The van der Waals surface area contributed by atoms with Crippen molar-refractivity contribution in [3.63, 3.8) is 0 Å². The molecule has 0 bridgehead atoms. The van der Waals surface area contributed by atoms with Gasteiger partial charge in [-0.3, -0.25) is 19.1 Å². The number of hydrogen-bond donors (Lipinski definition) is 3. The quantitative estimate of drug-likeness (QED) is 0.339. The molecule has 11 heteroatoms. The van der Waals surface area contributed by atoms with Crippen LogP contribution >= 0.6 is 11.6 Å². The number of halogens is 3. The van der Waals surface area contributed by atoms with Crippen molar-refractivity contribution >= 4 is 23.3 Å². The van der Waals surface area contributed by atoms with Gasteiger partial charge in [-0.05, 0) is 35.7 Å². The topological polar surface area (TPSA) is 101 Å². The Morgan fingerprint density at radius 2 is 1.78 bits per heavy atom. The van der Waals surface area contributed by atoms with Gasteiger partial charge in [0, 0.05) is 19.3 Å². The molecule has 3 aromatic rings. The first-order valence-corrected chi connectivity index (χ1v) is 11.9. The highest BCUT2D eigenvalue weighted by Gasteiger charge is 2.33. The van der Waals surface area contributed by atoms with Crippen LogP contribution in [-0.4, -0.2) is 33.5 Å². The first-order chi connectivity index (χ1) is 17.2. The van der Waals surface area contributed by atoms with Crippen LogP contribution in [0, 0.1) is 5.92 Å². The number of amides is 1. The number of benzene rings is 1. The van der Waals surface area contributed by atoms with E-state index in [-0.39, 0.29) is 24.1 Å². The summed E-state index contributed by atoms with van der Waals surface area (Å²) in [4.78, 5) is 32.9. The summed E-state index contributed by atoms with van der Waals surface area (Å²) in [5.41, 5.74) is 0.769. The van der Waals surface area contributed by atoms with E-state index in [0.29, 0.717) is 12.5 Å². The molecule has 0 atom stereocenters. The Kier molecular flexibility index (Phi) is 9.49. The van der Waals surface area contributed by atoms with Gasteiger partial charge in [0.25, 0.3) is 5.56 Å². The average Bonchev–Trinajstić information content (AvgIpc) is 2.86. The summed E-state index contributed by atoms with van der Waals surface area (Å²) in [5.74, 6) is -3.63. The molecular weight excluding hydrogens is 490 g/mol. The summed E-state index contributed by atoms with van der Waals surface area (Å²) in [6, 6.07) is 11.9. The van der Waals surface area contributed by atoms with Crippen molar-refractivity contribution < 1.29 is 13.6 Å². The van der Waals surface area contributed by atoms with Gasteiger partial charge in [-0.25, -0.2) is 4.98 Å². The van der Waals surface area contributed by atoms with Crippen LogP contribution in [0.15, 0.2) is 59.7 Å². The maximum Gasteiger partial charge on any atom is 0.306 e. The van der Waals surface area contributed by atoms with Crippen LogP contribution in [0.4, 0.5) is 14.6 Å². The largest absolute Gasteiger partial charge is 0.359 e. The lowest BCUT2D eigenvalue weighted by molar-refractivity contribution is -0.121. The molecule has 0 unspecified atom stereocenters. The smallest absolute Gasteiger partial charge is 0.306 e. The fourth-order valence-electron chi connectivity index (χ4n) is 3.39. The van der Waals surface area contributed by atoms with Gasteiger partial charge in [0.05, 0.1) is 12.7 Å². The molecule has 0 aliphatic heterocycles. The summed E-state index contributed by atoms with van der Waals surface area (Å²) in [7, 11) is 0. The lowest BCUT2D eigenvalue weighted by atomic mass is 10.1. The maximum atomic E-state index is 14.4. The number of anilines is 1. The van der Waals surface area contributed by atoms with Crippen LogP contribution in [0.5, 0.6) is 0 Å². The van der Waals surface area contributed by atoms with Gasteiger partial charge >= 0.3 is 5.92 Å². The molecule has 0 saturated heterocycles. The van der Waals surface area contributed by atoms with E-state index in [1.54, 1.807) is 0 Å². The molecule has 0 radical (unpaired) electrons. The van der Waals surface area contributed by atoms with E-state index in [1.807, 2.05) is 24.3 Å². The second kappa shape index (κ2) is 12.5. The zero-order valence-corrected chi connectivity index (χ0v) is 20.9. The Bertz CT molecular complexity index is 1220. The average molecular weight is 519 g/mol. The highest BCUT2D eigenvalue weighted by atomic mass is 35.5. The fraction of sp³-hybridized carbons (Fsp3) is 0.360. The van der Waals surface area contributed by atoms with Crippen LogP contribution in [-0.2, 0) is 30.4 Å². The Morgan fingerprint density at radius 1 is 1.08 bits per heavy atom. The predicted molar refractivity (Wildman–Crippen MR) is 135 cm³/mol. The van der Waals surface area contributed by atoms with Gasteiger partial charge < -0.3 is 16.0 Å². The number of pyridine rings is 1. The van der Waals surface area contributed by atoms with Crippen molar-refractivity contribution in [2.45, 2.75) is 39.4 Å². The first-order valence-electron chi connectivity index (χ1n) is 11.5. The van der Waals surface area contributed by atoms with Gasteiger partial charge in [0.2, 0.25) is 5.91 Å². The molecule has 0 saturated carbocycles. The molecule has 8 nitrogen and oxygen atoms in total. The summed E-state index contributed by atoms with van der Waals surface area (Å²) in [6.07, 6.45) is 2.39. The molecule has 2 aromatic heterocycles. The van der Waals surface area contributed by atoms with Crippen molar-refractivity contribution in [2.24, 2.45) is 5.92 Å². The third-order valence-corrected chi connectivity index (χ3v) is 5.59. The van der Waals surface area contributed by atoms with Crippen molar-refractivity contribution in [1.82, 2.24) is 25.2 Å². The minimum Gasteiger partial charge on any atom is -0.359 e. The summed E-state index contributed by atoms with van der Waals surface area (Å²) in [6.45, 7) is 4.75. The third-order valence-electron chi connectivity index (χ3n) is 5.29. The van der Waals surface area contributed by atoms with E-state index in [2.05, 4.69) is 39.8 Å². The van der Waals surface area contributed by atoms with E-state index in [9.17, 15) is 18.4 Å². The minimum atomic E-state index is -3.34. The SMILES string of the molecule is CC(C)CNCc1ccccc1CNC(=O)Cn1c(Cl)cnc(NCC(F)(F)c2ccccn2)c1=O. The van der Waals surface area contributed by atoms with Gasteiger partial charge in [-0.2, -0.15) is 8.78 Å². The van der Waals surface area contributed by atoms with Crippen molar-refractivity contribution in [2.75, 3.05) is 18.4 Å². The molecule has 0 spiro atoms. The minimum absolute atomic E-state index is 0.0875. The molecule has 3 N–H and O–H groups in total. The Labute approximate surface area is 213 Å². The molecule has 0 fully saturated rings. The van der Waals surface area contributed by atoms with Crippen LogP contribution in [0.25, 0.3) is 0 Å². The molecule has 36 heavy (non-hydrogen) atoms. The van der Waals surface area contributed by atoms with Crippen LogP contribution in [0.3, 0.4) is 0 Å². The highest BCUT2D eigenvalue weighted by molar-refractivity contribution is 6.29. The number of rotatable bonds is 12. The second-order valence-electron chi connectivity index (χ2n) is 8.66. The number of carbonyl (C=O) groups excluding carboxylic acids is 1. The number of nitrogens with one attached hydrogen (secondary N) is 3. The summed E-state index contributed by atoms with van der Waals surface area (Å²) < 4.78 is 29.8. The van der Waals surface area contributed by atoms with Crippen LogP contribution in [0.1, 0.15) is 30.7 Å². The van der Waals surface area contributed by atoms with Crippen molar-refractivity contribution in [3.05, 3.63) is 87.2 Å². The Hall–Kier alpha value is -3.37. The molecule has 2 heterocycles. The van der Waals surface area contributed by atoms with E-state index in [0.717, 1.165) is 28.4 Å². The highest BCUT2D eigenvalue weighted by Crippen LogP contribution is 2.25. The third kappa shape index (κ3) is 7.56. The molecule has 0 aliphatic carbocycles. The van der Waals surface area contributed by atoms with Crippen LogP contribution < -0.4 is 21.5 Å². The maximum absolute atomic E-state index is 14.4. The molecule has 1 aromatic carbocycles. The standard InChI is InChI=1S/C25H29ClF2N6O2/c1-17(2)11-29-12-18-7-3-4-8-19(18)13-31-22(35)15-34-21(26)14-32-23(24(34)36)33-16-25(27,28)20-9-5-6-10-30-20/h3-10,14,17,29H,11-13,15-16H2,1-2H3,(H,31,35)(H,32,33). The number of nitrogens with zero attached hydrogens (tertiary/aromatic N) is 3. The lowest BCUT2D eigenvalue weighted by Crippen LogP contribution is -2.35. The lowest BCUT2D eigenvalue weighted by Gasteiger charge is -2.17. The van der Waals surface area contributed by atoms with E-state index < -0.39 is 29.6 Å². The number of carbonyl (C=O) groups is 1. The molecular formula is C25H29ClF2N6O2. The van der Waals surface area contributed by atoms with Crippen LogP contribution in [0.2, 0.25) is 5.15 Å². The monoisotopic (exact) mass is 518 g/mol. The van der Waals surface area contributed by atoms with E-state index in [4.69, 9.17) is 11.6 Å². The zero-order valence-electron chi connectivity index (χ0n) is 20.1. The van der Waals surface area contributed by atoms with Crippen molar-refractivity contribution in [1.29, 1.82) is 0 Å². The predicted octanol–water partition coefficient (Wildman–Crippen LogP) is 3.56. The molecule has 3 rings (SSSR count). The normalized spacial score (nSPS) is 11.5. The zero-order chi connectivity index (χ0) is 26.1. The van der Waals surface area contributed by atoms with Gasteiger partial charge in [0.1, 0.15) is 17.4 Å². The Balaban J connectivity index is 1.63. The molecule has 0 aliphatic rings. The Morgan fingerprint density at radius 3 is 2.44 bits per heavy atom. The number of alkyl halides is 2. The van der Waals surface area contributed by atoms with E-state index in [1.165, 1.54) is 24.4 Å². The number of hydrogen-bond acceptors (Lipinski definition) is 6. The van der Waals surface area contributed by atoms with E-state index >= 15 is 0 Å². The van der Waals surface area contributed by atoms with Crippen molar-refractivity contribution in [3.8, 4) is 0 Å². The first kappa shape index (κ1) is 27.2. The fourth-order valence-corrected chi connectivity index (χ4v) is 3.58. The summed E-state index contributed by atoms with van der Waals surface area (Å²) in [5, 5.41) is 8.43. The van der Waals surface area contributed by atoms with Gasteiger partial charge in [-0.1, -0.05) is 55.8 Å².